The number of aromatic amines is 1. The van der Waals surface area contributed by atoms with Gasteiger partial charge in [-0.3, -0.25) is 5.10 Å². The molecule has 1 N–H and O–H groups in total. The number of aromatic nitrogens is 3. The molecule has 0 aliphatic heterocycles. The Kier molecular flexibility index (Phi) is 4.58. The first-order chi connectivity index (χ1) is 11.2. The molecule has 0 aliphatic rings. The van der Waals surface area contributed by atoms with Crippen molar-refractivity contribution in [2.24, 2.45) is 5.10 Å². The summed E-state index contributed by atoms with van der Waals surface area (Å²) >= 11 is 5.01. The van der Waals surface area contributed by atoms with Gasteiger partial charge in [0.05, 0.1) is 6.21 Å². The smallest absolute Gasteiger partial charge is 0.216 e. The first-order valence-electron chi connectivity index (χ1n) is 6.84. The highest BCUT2D eigenvalue weighted by molar-refractivity contribution is 7.71. The van der Waals surface area contributed by atoms with Crippen LogP contribution in [0.15, 0.2) is 60.0 Å². The Balaban J connectivity index is 1.67. The third-order valence-electron chi connectivity index (χ3n) is 3.04. The molecule has 23 heavy (non-hydrogen) atoms. The van der Waals surface area contributed by atoms with E-state index in [0.717, 1.165) is 11.1 Å². The third kappa shape index (κ3) is 4.10. The zero-order valence-corrected chi connectivity index (χ0v) is 12.8. The molecular formula is C16H13FN4OS. The molecule has 0 saturated heterocycles. The van der Waals surface area contributed by atoms with Gasteiger partial charge in [0.15, 0.2) is 0 Å². The number of rotatable bonds is 5. The lowest BCUT2D eigenvalue weighted by molar-refractivity contribution is 0.306. The average Bonchev–Trinajstić information content (AvgIpc) is 2.98. The summed E-state index contributed by atoms with van der Waals surface area (Å²) < 4.78 is 20.4. The molecule has 0 radical (unpaired) electrons. The highest BCUT2D eigenvalue weighted by Gasteiger charge is 1.98. The lowest BCUT2D eigenvalue weighted by atomic mass is 10.2. The number of ether oxygens (including phenoxy) is 1. The molecule has 0 saturated carbocycles. The van der Waals surface area contributed by atoms with Crippen LogP contribution in [-0.2, 0) is 6.61 Å². The summed E-state index contributed by atoms with van der Waals surface area (Å²) in [6.45, 7) is 0.369. The van der Waals surface area contributed by atoms with E-state index in [0.29, 0.717) is 17.1 Å². The van der Waals surface area contributed by atoms with E-state index in [4.69, 9.17) is 17.0 Å². The van der Waals surface area contributed by atoms with Crippen LogP contribution in [0.2, 0.25) is 0 Å². The van der Waals surface area contributed by atoms with Gasteiger partial charge in [0, 0.05) is 0 Å². The van der Waals surface area contributed by atoms with Crippen LogP contribution in [0.25, 0.3) is 0 Å². The molecule has 3 rings (SSSR count). The summed E-state index contributed by atoms with van der Waals surface area (Å²) in [7, 11) is 0. The highest BCUT2D eigenvalue weighted by Crippen LogP contribution is 2.14. The molecule has 1 aromatic heterocycles. The summed E-state index contributed by atoms with van der Waals surface area (Å²) in [5.74, 6) is 0.443. The first kappa shape index (κ1) is 15.1. The Morgan fingerprint density at radius 2 is 2.09 bits per heavy atom. The second-order valence-corrected chi connectivity index (χ2v) is 5.12. The van der Waals surface area contributed by atoms with E-state index < -0.39 is 0 Å². The van der Waals surface area contributed by atoms with Crippen LogP contribution in [0.1, 0.15) is 11.1 Å². The molecule has 2 aromatic carbocycles. The van der Waals surface area contributed by atoms with Crippen LogP contribution in [0, 0.1) is 10.6 Å². The van der Waals surface area contributed by atoms with Gasteiger partial charge in [0.2, 0.25) is 4.77 Å². The molecule has 0 bridgehead atoms. The quantitative estimate of drug-likeness (QED) is 0.576. The zero-order chi connectivity index (χ0) is 16.1. The minimum Gasteiger partial charge on any atom is -0.489 e. The number of benzene rings is 2. The summed E-state index contributed by atoms with van der Waals surface area (Å²) in [6.07, 6.45) is 3.16. The van der Waals surface area contributed by atoms with E-state index in [1.54, 1.807) is 18.3 Å². The van der Waals surface area contributed by atoms with Crippen LogP contribution in [0.3, 0.4) is 0 Å². The molecule has 0 fully saturated rings. The number of nitrogens with one attached hydrogen (secondary N) is 1. The van der Waals surface area contributed by atoms with Gasteiger partial charge in [0.1, 0.15) is 24.5 Å². The molecule has 0 atom stereocenters. The fourth-order valence-electron chi connectivity index (χ4n) is 1.89. The van der Waals surface area contributed by atoms with Gasteiger partial charge in [-0.05, 0) is 47.6 Å². The Morgan fingerprint density at radius 1 is 1.26 bits per heavy atom. The number of hydrogen-bond acceptors (Lipinski definition) is 4. The molecule has 7 heteroatoms. The largest absolute Gasteiger partial charge is 0.489 e. The topological polar surface area (TPSA) is 55.2 Å². The van der Waals surface area contributed by atoms with Crippen LogP contribution in [-0.4, -0.2) is 21.1 Å². The predicted octanol–water partition coefficient (Wildman–Crippen LogP) is 3.54. The number of halogens is 1. The van der Waals surface area contributed by atoms with Gasteiger partial charge >= 0.3 is 0 Å². The van der Waals surface area contributed by atoms with Gasteiger partial charge in [0.25, 0.3) is 0 Å². The Bertz CT molecular complexity index is 870. The minimum atomic E-state index is -0.259. The molecule has 0 unspecified atom stereocenters. The number of H-pyrrole nitrogens is 1. The summed E-state index contributed by atoms with van der Waals surface area (Å²) in [5, 5.41) is 10.6. The standard InChI is InChI=1S/C16H13FN4OS/c17-14-6-4-12(5-7-14)10-22-15-3-1-2-13(8-15)9-19-21-11-18-20-16(21)23/h1-9,11H,10H2,(H,20,23)/b19-9+. The lowest BCUT2D eigenvalue weighted by Crippen LogP contribution is -1.96. The van der Waals surface area contributed by atoms with Gasteiger partial charge in [-0.2, -0.15) is 14.9 Å². The molecule has 3 aromatic rings. The van der Waals surface area contributed by atoms with Crippen molar-refractivity contribution < 1.29 is 9.13 Å². The molecule has 0 spiro atoms. The van der Waals surface area contributed by atoms with Crippen molar-refractivity contribution in [3.05, 3.63) is 76.6 Å². The SMILES string of the molecule is Fc1ccc(COc2cccc(/C=N/n3cn[nH]c3=S)c2)cc1. The third-order valence-corrected chi connectivity index (χ3v) is 3.32. The Labute approximate surface area is 137 Å². The van der Waals surface area contributed by atoms with E-state index in [1.807, 2.05) is 24.3 Å². The monoisotopic (exact) mass is 328 g/mol. The van der Waals surface area contributed by atoms with E-state index in [-0.39, 0.29) is 5.82 Å². The fraction of sp³-hybridized carbons (Fsp3) is 0.0625. The predicted molar refractivity (Wildman–Crippen MR) is 87.6 cm³/mol. The van der Waals surface area contributed by atoms with Crippen LogP contribution in [0.5, 0.6) is 5.75 Å². The van der Waals surface area contributed by atoms with Crippen molar-refractivity contribution in [3.8, 4) is 5.75 Å². The first-order valence-corrected chi connectivity index (χ1v) is 7.25. The zero-order valence-electron chi connectivity index (χ0n) is 12.0. The second kappa shape index (κ2) is 6.97. The van der Waals surface area contributed by atoms with Crippen LogP contribution < -0.4 is 4.74 Å². The number of nitrogens with zero attached hydrogens (tertiary/aromatic N) is 3. The van der Waals surface area contributed by atoms with Gasteiger partial charge in [-0.15, -0.1) is 0 Å². The molecule has 5 nitrogen and oxygen atoms in total. The summed E-state index contributed by atoms with van der Waals surface area (Å²) in [5.41, 5.74) is 1.76. The summed E-state index contributed by atoms with van der Waals surface area (Å²) in [4.78, 5) is 0. The lowest BCUT2D eigenvalue weighted by Gasteiger charge is -2.06. The highest BCUT2D eigenvalue weighted by atomic mass is 32.1. The van der Waals surface area contributed by atoms with Crippen molar-refractivity contribution in [3.63, 3.8) is 0 Å². The molecule has 1 heterocycles. The van der Waals surface area contributed by atoms with Gasteiger partial charge < -0.3 is 4.74 Å². The maximum Gasteiger partial charge on any atom is 0.216 e. The van der Waals surface area contributed by atoms with Crippen molar-refractivity contribution in [1.29, 1.82) is 0 Å². The Hall–Kier alpha value is -2.80. The Morgan fingerprint density at radius 3 is 2.83 bits per heavy atom. The van der Waals surface area contributed by atoms with Crippen molar-refractivity contribution in [1.82, 2.24) is 14.9 Å². The normalized spacial score (nSPS) is 11.0. The number of hydrogen-bond donors (Lipinski definition) is 1. The molecule has 0 amide bonds. The van der Waals surface area contributed by atoms with Gasteiger partial charge in [-0.25, -0.2) is 4.39 Å². The minimum absolute atomic E-state index is 0.259. The fourth-order valence-corrected chi connectivity index (χ4v) is 2.03. The summed E-state index contributed by atoms with van der Waals surface area (Å²) in [6, 6.07) is 13.7. The van der Waals surface area contributed by atoms with Crippen LogP contribution in [0.4, 0.5) is 4.39 Å². The van der Waals surface area contributed by atoms with Crippen molar-refractivity contribution in [2.45, 2.75) is 6.61 Å². The maximum absolute atomic E-state index is 12.9. The van der Waals surface area contributed by atoms with E-state index in [1.165, 1.54) is 23.1 Å². The van der Waals surface area contributed by atoms with Crippen molar-refractivity contribution >= 4 is 18.4 Å². The van der Waals surface area contributed by atoms with E-state index in [9.17, 15) is 4.39 Å². The second-order valence-electron chi connectivity index (χ2n) is 4.74. The van der Waals surface area contributed by atoms with Crippen molar-refractivity contribution in [2.75, 3.05) is 0 Å². The average molecular weight is 328 g/mol. The van der Waals surface area contributed by atoms with Crippen LogP contribution >= 0.6 is 12.2 Å². The van der Waals surface area contributed by atoms with E-state index >= 15 is 0 Å². The molecule has 0 aliphatic carbocycles. The van der Waals surface area contributed by atoms with Gasteiger partial charge in [-0.1, -0.05) is 24.3 Å². The molecular weight excluding hydrogens is 315 g/mol. The maximum atomic E-state index is 12.9. The van der Waals surface area contributed by atoms with E-state index in [2.05, 4.69) is 15.3 Å². The molecule has 116 valence electrons.